The van der Waals surface area contributed by atoms with Crippen LogP contribution in [0.15, 0.2) is 71.6 Å². The van der Waals surface area contributed by atoms with Crippen molar-refractivity contribution in [2.75, 3.05) is 0 Å². The summed E-state index contributed by atoms with van der Waals surface area (Å²) < 4.78 is 11.1. The van der Waals surface area contributed by atoms with Crippen molar-refractivity contribution in [1.29, 1.82) is 0 Å². The summed E-state index contributed by atoms with van der Waals surface area (Å²) in [7, 11) is 0. The van der Waals surface area contributed by atoms with E-state index in [1.807, 2.05) is 54.6 Å². The highest BCUT2D eigenvalue weighted by molar-refractivity contribution is 5.84. The summed E-state index contributed by atoms with van der Waals surface area (Å²) in [6, 6.07) is 15.1. The third kappa shape index (κ3) is 5.31. The molecule has 2 aromatic heterocycles. The SMILES string of the molecule is CC(C)(Oc1ccc(/C=C/c2ccncc2)cc1)C(=O)NCc1ccco1. The second-order valence-electron chi connectivity index (χ2n) is 6.56. The number of carbonyl (C=O) groups is 1. The van der Waals surface area contributed by atoms with E-state index >= 15 is 0 Å². The van der Waals surface area contributed by atoms with Gasteiger partial charge in [-0.25, -0.2) is 0 Å². The van der Waals surface area contributed by atoms with Crippen molar-refractivity contribution in [2.24, 2.45) is 0 Å². The van der Waals surface area contributed by atoms with Crippen LogP contribution in [0.25, 0.3) is 12.2 Å². The highest BCUT2D eigenvalue weighted by atomic mass is 16.5. The van der Waals surface area contributed by atoms with Crippen LogP contribution >= 0.6 is 0 Å². The minimum Gasteiger partial charge on any atom is -0.478 e. The first-order valence-electron chi connectivity index (χ1n) is 8.71. The predicted octanol–water partition coefficient (Wildman–Crippen LogP) is 4.32. The summed E-state index contributed by atoms with van der Waals surface area (Å²) in [5, 5.41) is 2.82. The van der Waals surface area contributed by atoms with Crippen molar-refractivity contribution in [3.8, 4) is 5.75 Å². The Hall–Kier alpha value is -3.34. The molecule has 0 bridgehead atoms. The minimum absolute atomic E-state index is 0.208. The summed E-state index contributed by atoms with van der Waals surface area (Å²) in [5.74, 6) is 1.12. The third-order valence-electron chi connectivity index (χ3n) is 3.98. The van der Waals surface area contributed by atoms with Gasteiger partial charge in [-0.3, -0.25) is 9.78 Å². The molecule has 3 aromatic rings. The summed E-state index contributed by atoms with van der Waals surface area (Å²) >= 11 is 0. The molecule has 0 fully saturated rings. The summed E-state index contributed by atoms with van der Waals surface area (Å²) in [5.41, 5.74) is 1.12. The fourth-order valence-electron chi connectivity index (χ4n) is 2.45. The molecule has 3 rings (SSSR count). The Morgan fingerprint density at radius 2 is 1.74 bits per heavy atom. The van der Waals surface area contributed by atoms with E-state index in [0.717, 1.165) is 11.1 Å². The van der Waals surface area contributed by atoms with Gasteiger partial charge in [0.25, 0.3) is 5.91 Å². The summed E-state index contributed by atoms with van der Waals surface area (Å²) in [6.45, 7) is 3.81. The fraction of sp³-hybridized carbons (Fsp3) is 0.182. The topological polar surface area (TPSA) is 64.4 Å². The maximum absolute atomic E-state index is 12.4. The lowest BCUT2D eigenvalue weighted by Gasteiger charge is -2.25. The number of benzene rings is 1. The van der Waals surface area contributed by atoms with Gasteiger partial charge in [-0.15, -0.1) is 0 Å². The number of carbonyl (C=O) groups excluding carboxylic acids is 1. The lowest BCUT2D eigenvalue weighted by Crippen LogP contribution is -2.46. The zero-order chi connectivity index (χ0) is 19.1. The van der Waals surface area contributed by atoms with Crippen LogP contribution in [0.4, 0.5) is 0 Å². The molecule has 5 heteroatoms. The molecule has 0 atom stereocenters. The molecule has 5 nitrogen and oxygen atoms in total. The highest BCUT2D eigenvalue weighted by Crippen LogP contribution is 2.20. The van der Waals surface area contributed by atoms with Crippen molar-refractivity contribution in [3.05, 3.63) is 84.1 Å². The smallest absolute Gasteiger partial charge is 0.263 e. The van der Waals surface area contributed by atoms with E-state index in [2.05, 4.69) is 10.3 Å². The molecule has 0 aliphatic heterocycles. The van der Waals surface area contributed by atoms with Gasteiger partial charge in [-0.05, 0) is 61.4 Å². The Morgan fingerprint density at radius 3 is 2.37 bits per heavy atom. The summed E-state index contributed by atoms with van der Waals surface area (Å²) in [6.07, 6.45) is 9.13. The Morgan fingerprint density at radius 1 is 1.07 bits per heavy atom. The number of aromatic nitrogens is 1. The van der Waals surface area contributed by atoms with E-state index in [0.29, 0.717) is 18.1 Å². The summed E-state index contributed by atoms with van der Waals surface area (Å²) in [4.78, 5) is 16.4. The Labute approximate surface area is 158 Å². The van der Waals surface area contributed by atoms with E-state index < -0.39 is 5.60 Å². The second-order valence-corrected chi connectivity index (χ2v) is 6.56. The fourth-order valence-corrected chi connectivity index (χ4v) is 2.45. The van der Waals surface area contributed by atoms with E-state index in [9.17, 15) is 4.79 Å². The Kier molecular flexibility index (Phi) is 5.71. The average Bonchev–Trinajstić information content (AvgIpc) is 3.20. The van der Waals surface area contributed by atoms with E-state index in [4.69, 9.17) is 9.15 Å². The number of furan rings is 1. The van der Waals surface area contributed by atoms with Crippen LogP contribution in [-0.2, 0) is 11.3 Å². The van der Waals surface area contributed by atoms with Crippen molar-refractivity contribution in [3.63, 3.8) is 0 Å². The van der Waals surface area contributed by atoms with Crippen molar-refractivity contribution in [2.45, 2.75) is 26.0 Å². The molecule has 1 amide bonds. The van der Waals surface area contributed by atoms with Crippen molar-refractivity contribution < 1.29 is 13.9 Å². The molecule has 0 aliphatic rings. The van der Waals surface area contributed by atoms with Gasteiger partial charge in [-0.1, -0.05) is 24.3 Å². The first kappa shape index (κ1) is 18.5. The molecule has 27 heavy (non-hydrogen) atoms. The van der Waals surface area contributed by atoms with Crippen molar-refractivity contribution >= 4 is 18.1 Å². The molecule has 1 N–H and O–H groups in total. The zero-order valence-corrected chi connectivity index (χ0v) is 15.4. The van der Waals surface area contributed by atoms with Crippen LogP contribution in [0, 0.1) is 0 Å². The van der Waals surface area contributed by atoms with Crippen LogP contribution in [0.5, 0.6) is 5.75 Å². The maximum Gasteiger partial charge on any atom is 0.263 e. The molecule has 1 aromatic carbocycles. The molecule has 0 aliphatic carbocycles. The van der Waals surface area contributed by atoms with E-state index in [1.54, 1.807) is 38.6 Å². The van der Waals surface area contributed by atoms with Crippen LogP contribution in [0.3, 0.4) is 0 Å². The second kappa shape index (κ2) is 8.36. The lowest BCUT2D eigenvalue weighted by molar-refractivity contribution is -0.134. The van der Waals surface area contributed by atoms with Crippen LogP contribution < -0.4 is 10.1 Å². The molecule has 0 saturated heterocycles. The number of nitrogens with zero attached hydrogens (tertiary/aromatic N) is 1. The minimum atomic E-state index is -0.999. The number of pyridine rings is 1. The molecular formula is C22H22N2O3. The first-order chi connectivity index (χ1) is 13.0. The van der Waals surface area contributed by atoms with Gasteiger partial charge in [-0.2, -0.15) is 0 Å². The van der Waals surface area contributed by atoms with Gasteiger partial charge in [0.15, 0.2) is 5.60 Å². The Balaban J connectivity index is 1.57. The molecule has 0 saturated carbocycles. The zero-order valence-electron chi connectivity index (χ0n) is 15.4. The van der Waals surface area contributed by atoms with Gasteiger partial charge in [0, 0.05) is 12.4 Å². The lowest BCUT2D eigenvalue weighted by atomic mass is 10.1. The van der Waals surface area contributed by atoms with E-state index in [-0.39, 0.29) is 5.91 Å². The van der Waals surface area contributed by atoms with Gasteiger partial charge >= 0.3 is 0 Å². The molecule has 0 spiro atoms. The quantitative estimate of drug-likeness (QED) is 0.680. The first-order valence-corrected chi connectivity index (χ1v) is 8.71. The standard InChI is InChI=1S/C22H22N2O3/c1-22(2,21(25)24-16-20-4-3-15-26-20)27-19-9-7-17(8-10-19)5-6-18-11-13-23-14-12-18/h3-15H,16H2,1-2H3,(H,24,25)/b6-5+. The van der Waals surface area contributed by atoms with Gasteiger partial charge in [0.2, 0.25) is 0 Å². The van der Waals surface area contributed by atoms with Crippen LogP contribution in [-0.4, -0.2) is 16.5 Å². The predicted molar refractivity (Wildman–Crippen MR) is 105 cm³/mol. The Bertz CT molecular complexity index is 883. The molecule has 2 heterocycles. The number of hydrogen-bond acceptors (Lipinski definition) is 4. The highest BCUT2D eigenvalue weighted by Gasteiger charge is 2.29. The van der Waals surface area contributed by atoms with E-state index in [1.165, 1.54) is 0 Å². The normalized spacial score (nSPS) is 11.5. The van der Waals surface area contributed by atoms with Crippen molar-refractivity contribution in [1.82, 2.24) is 10.3 Å². The number of nitrogens with one attached hydrogen (secondary N) is 1. The number of hydrogen-bond donors (Lipinski definition) is 1. The number of amides is 1. The van der Waals surface area contributed by atoms with Crippen LogP contribution in [0.1, 0.15) is 30.7 Å². The molecular weight excluding hydrogens is 340 g/mol. The molecule has 0 unspecified atom stereocenters. The number of ether oxygens (including phenoxy) is 1. The third-order valence-corrected chi connectivity index (χ3v) is 3.98. The maximum atomic E-state index is 12.4. The van der Waals surface area contributed by atoms with Gasteiger partial charge in [0.05, 0.1) is 12.8 Å². The number of rotatable bonds is 7. The monoisotopic (exact) mass is 362 g/mol. The molecule has 0 radical (unpaired) electrons. The largest absolute Gasteiger partial charge is 0.478 e. The molecule has 138 valence electrons. The average molecular weight is 362 g/mol. The van der Waals surface area contributed by atoms with Gasteiger partial charge in [0.1, 0.15) is 11.5 Å². The van der Waals surface area contributed by atoms with Gasteiger partial charge < -0.3 is 14.5 Å². The van der Waals surface area contributed by atoms with Crippen LogP contribution in [0.2, 0.25) is 0 Å².